The van der Waals surface area contributed by atoms with Gasteiger partial charge in [-0.2, -0.15) is 0 Å². The molecule has 0 saturated carbocycles. The summed E-state index contributed by atoms with van der Waals surface area (Å²) in [7, 11) is 0. The third kappa shape index (κ3) is 3.14. The van der Waals surface area contributed by atoms with Crippen molar-refractivity contribution in [3.63, 3.8) is 0 Å². The Morgan fingerprint density at radius 2 is 2.38 bits per heavy atom. The fraction of sp³-hybridized carbons (Fsp3) is 0.300. The summed E-state index contributed by atoms with van der Waals surface area (Å²) in [6.45, 7) is 0. The van der Waals surface area contributed by atoms with Crippen LogP contribution in [0, 0.1) is 12.1 Å². The number of carbonyl (C=O) groups is 1. The summed E-state index contributed by atoms with van der Waals surface area (Å²) >= 11 is 0. The monoisotopic (exact) mass is 177 g/mol. The predicted octanol–water partition coefficient (Wildman–Crippen LogP) is 0.631. The quantitative estimate of drug-likeness (QED) is 0.709. The van der Waals surface area contributed by atoms with Gasteiger partial charge in [0.2, 0.25) is 0 Å². The summed E-state index contributed by atoms with van der Waals surface area (Å²) in [5.41, 5.74) is 6.38. The second kappa shape index (κ2) is 4.48. The van der Waals surface area contributed by atoms with Crippen LogP contribution in [-0.4, -0.2) is 17.1 Å². The second-order valence-electron chi connectivity index (χ2n) is 2.82. The van der Waals surface area contributed by atoms with Crippen molar-refractivity contribution in [2.45, 2.75) is 18.9 Å². The first-order valence-corrected chi connectivity index (χ1v) is 4.05. The average molecular weight is 177 g/mol. The standard InChI is InChI=1S/C10H11NO2/c11-9(10(12)13)7-6-8-4-2-1-3-5-8/h2,4-5,9H,6-7,11H2,(H,12,13). The third-order valence-corrected chi connectivity index (χ3v) is 1.78. The number of hydrogen-bond acceptors (Lipinski definition) is 2. The first-order chi connectivity index (χ1) is 6.20. The number of rotatable bonds is 4. The topological polar surface area (TPSA) is 63.3 Å². The molecule has 0 aliphatic carbocycles. The van der Waals surface area contributed by atoms with Crippen LogP contribution >= 0.6 is 0 Å². The molecule has 13 heavy (non-hydrogen) atoms. The minimum Gasteiger partial charge on any atom is -0.480 e. The van der Waals surface area contributed by atoms with Crippen molar-refractivity contribution in [2.75, 3.05) is 0 Å². The van der Waals surface area contributed by atoms with Crippen molar-refractivity contribution in [3.8, 4) is 0 Å². The smallest absolute Gasteiger partial charge is 0.320 e. The van der Waals surface area contributed by atoms with E-state index in [2.05, 4.69) is 12.1 Å². The maximum atomic E-state index is 10.4. The van der Waals surface area contributed by atoms with Crippen LogP contribution in [0.1, 0.15) is 12.0 Å². The van der Waals surface area contributed by atoms with E-state index in [0.29, 0.717) is 12.8 Å². The molecular weight excluding hydrogens is 166 g/mol. The Balaban J connectivity index is 2.39. The molecule has 3 N–H and O–H groups in total. The van der Waals surface area contributed by atoms with Gasteiger partial charge in [-0.15, -0.1) is 0 Å². The van der Waals surface area contributed by atoms with Crippen molar-refractivity contribution in [2.24, 2.45) is 5.73 Å². The molecule has 3 nitrogen and oxygen atoms in total. The summed E-state index contributed by atoms with van der Waals surface area (Å²) in [4.78, 5) is 10.4. The van der Waals surface area contributed by atoms with Gasteiger partial charge in [0.25, 0.3) is 0 Å². The molecule has 0 aliphatic heterocycles. The Morgan fingerprint density at radius 3 is 2.92 bits per heavy atom. The number of nitrogens with two attached hydrogens (primary N) is 1. The lowest BCUT2D eigenvalue weighted by molar-refractivity contribution is -0.138. The SMILES string of the molecule is NC(CCc1cc#ccc1)C(=O)O. The van der Waals surface area contributed by atoms with Crippen molar-refractivity contribution in [1.29, 1.82) is 0 Å². The largest absolute Gasteiger partial charge is 0.480 e. The molecule has 1 aromatic rings. The van der Waals surface area contributed by atoms with Gasteiger partial charge < -0.3 is 10.8 Å². The average Bonchev–Trinajstić information content (AvgIpc) is 2.15. The van der Waals surface area contributed by atoms with Gasteiger partial charge in [-0.25, -0.2) is 0 Å². The lowest BCUT2D eigenvalue weighted by Crippen LogP contribution is -2.30. The highest BCUT2D eigenvalue weighted by atomic mass is 16.4. The summed E-state index contributed by atoms with van der Waals surface area (Å²) in [5, 5.41) is 8.52. The summed E-state index contributed by atoms with van der Waals surface area (Å²) in [6, 6.07) is 10.2. The van der Waals surface area contributed by atoms with Gasteiger partial charge in [-0.1, -0.05) is 18.2 Å². The predicted molar refractivity (Wildman–Crippen MR) is 48.0 cm³/mol. The molecule has 0 radical (unpaired) electrons. The number of aryl methyl sites for hydroxylation is 1. The molecule has 0 saturated heterocycles. The molecule has 0 bridgehead atoms. The van der Waals surface area contributed by atoms with Crippen molar-refractivity contribution in [3.05, 3.63) is 35.9 Å². The Morgan fingerprint density at radius 1 is 1.62 bits per heavy atom. The Bertz CT molecular complexity index is 272. The van der Waals surface area contributed by atoms with Gasteiger partial charge in [0.1, 0.15) is 6.04 Å². The zero-order chi connectivity index (χ0) is 9.68. The highest BCUT2D eigenvalue weighted by molar-refractivity contribution is 5.73. The molecule has 0 amide bonds. The van der Waals surface area contributed by atoms with Crippen LogP contribution in [0.4, 0.5) is 0 Å². The van der Waals surface area contributed by atoms with E-state index in [1.54, 1.807) is 12.1 Å². The van der Waals surface area contributed by atoms with E-state index in [0.717, 1.165) is 5.56 Å². The zero-order valence-corrected chi connectivity index (χ0v) is 7.16. The highest BCUT2D eigenvalue weighted by Crippen LogP contribution is 2.01. The molecule has 0 spiro atoms. The van der Waals surface area contributed by atoms with Crippen molar-refractivity contribution < 1.29 is 9.90 Å². The van der Waals surface area contributed by atoms with Crippen LogP contribution in [0.3, 0.4) is 0 Å². The molecule has 1 rings (SSSR count). The molecule has 0 fully saturated rings. The molecule has 1 aromatic carbocycles. The van der Waals surface area contributed by atoms with Crippen LogP contribution in [0.2, 0.25) is 0 Å². The molecule has 0 aliphatic rings. The maximum Gasteiger partial charge on any atom is 0.320 e. The van der Waals surface area contributed by atoms with Gasteiger partial charge in [-0.05, 0) is 30.5 Å². The summed E-state index contributed by atoms with van der Waals surface area (Å²) in [5.74, 6) is -0.952. The molecular formula is C10H11NO2. The third-order valence-electron chi connectivity index (χ3n) is 1.78. The lowest BCUT2D eigenvalue weighted by atomic mass is 10.1. The van der Waals surface area contributed by atoms with Crippen LogP contribution in [0.15, 0.2) is 18.2 Å². The lowest BCUT2D eigenvalue weighted by Gasteiger charge is -2.04. The zero-order valence-electron chi connectivity index (χ0n) is 7.16. The van der Waals surface area contributed by atoms with Gasteiger partial charge in [0, 0.05) is 0 Å². The minimum absolute atomic E-state index is 0.452. The van der Waals surface area contributed by atoms with Crippen molar-refractivity contribution in [1.82, 2.24) is 0 Å². The van der Waals surface area contributed by atoms with Gasteiger partial charge in [0.05, 0.1) is 0 Å². The van der Waals surface area contributed by atoms with Crippen LogP contribution in [0.5, 0.6) is 0 Å². The van der Waals surface area contributed by atoms with E-state index >= 15 is 0 Å². The van der Waals surface area contributed by atoms with E-state index in [1.165, 1.54) is 0 Å². The number of hydrogen-bond donors (Lipinski definition) is 2. The Labute approximate surface area is 77.2 Å². The first-order valence-electron chi connectivity index (χ1n) is 4.05. The minimum atomic E-state index is -0.952. The molecule has 1 unspecified atom stereocenters. The van der Waals surface area contributed by atoms with Crippen molar-refractivity contribution >= 4 is 5.97 Å². The Hall–Kier alpha value is -1.53. The molecule has 3 heteroatoms. The van der Waals surface area contributed by atoms with E-state index < -0.39 is 12.0 Å². The Kier molecular flexibility index (Phi) is 3.30. The van der Waals surface area contributed by atoms with E-state index in [1.807, 2.05) is 6.07 Å². The van der Waals surface area contributed by atoms with E-state index in [4.69, 9.17) is 10.8 Å². The van der Waals surface area contributed by atoms with Gasteiger partial charge in [0.15, 0.2) is 0 Å². The number of carboxylic acids is 1. The highest BCUT2D eigenvalue weighted by Gasteiger charge is 2.10. The van der Waals surface area contributed by atoms with Gasteiger partial charge >= 0.3 is 5.97 Å². The second-order valence-corrected chi connectivity index (χ2v) is 2.82. The van der Waals surface area contributed by atoms with Crippen LogP contribution in [0.25, 0.3) is 0 Å². The maximum absolute atomic E-state index is 10.4. The molecule has 0 heterocycles. The normalized spacial score (nSPS) is 11.8. The number of aliphatic carboxylic acids is 1. The van der Waals surface area contributed by atoms with Crippen LogP contribution < -0.4 is 5.73 Å². The molecule has 68 valence electrons. The fourth-order valence-electron chi connectivity index (χ4n) is 0.980. The number of carboxylic acid groups (broad SMARTS) is 1. The summed E-state index contributed by atoms with van der Waals surface area (Å²) < 4.78 is 0. The summed E-state index contributed by atoms with van der Waals surface area (Å²) in [6.07, 6.45) is 1.12. The van der Waals surface area contributed by atoms with Crippen LogP contribution in [-0.2, 0) is 11.2 Å². The molecule has 1 atom stereocenters. The first kappa shape index (κ1) is 9.56. The van der Waals surface area contributed by atoms with E-state index in [9.17, 15) is 4.79 Å². The van der Waals surface area contributed by atoms with E-state index in [-0.39, 0.29) is 0 Å². The van der Waals surface area contributed by atoms with Gasteiger partial charge in [-0.3, -0.25) is 4.79 Å². The fourth-order valence-corrected chi connectivity index (χ4v) is 0.980. The molecule has 0 aromatic heterocycles.